The Morgan fingerprint density at radius 1 is 1.54 bits per heavy atom. The van der Waals surface area contributed by atoms with Crippen LogP contribution in [0.3, 0.4) is 0 Å². The molecule has 0 saturated carbocycles. The summed E-state index contributed by atoms with van der Waals surface area (Å²) in [7, 11) is -4.01. The normalized spacial score (nSPS) is 12.3. The molecule has 0 saturated heterocycles. The predicted octanol–water partition coefficient (Wildman–Crippen LogP) is -0.0799. The van der Waals surface area contributed by atoms with Crippen molar-refractivity contribution in [2.24, 2.45) is 0 Å². The van der Waals surface area contributed by atoms with Gasteiger partial charge >= 0.3 is 7.60 Å². The molecule has 3 N–H and O–H groups in total. The Hall–Kier alpha value is -0.440. The zero-order valence-corrected chi connectivity index (χ0v) is 8.54. The minimum absolute atomic E-state index is 0.257. The van der Waals surface area contributed by atoms with E-state index in [1.807, 2.05) is 0 Å². The molecular weight excluding hydrogens is 193 g/mol. The molecule has 0 rings (SSSR count). The van der Waals surface area contributed by atoms with Gasteiger partial charge < -0.3 is 15.1 Å². The highest BCUT2D eigenvalue weighted by Crippen LogP contribution is 2.37. The van der Waals surface area contributed by atoms with Crippen molar-refractivity contribution in [2.45, 2.75) is 19.4 Å². The second-order valence-electron chi connectivity index (χ2n) is 3.41. The number of hydrogen-bond donors (Lipinski definition) is 3. The van der Waals surface area contributed by atoms with Gasteiger partial charge in [-0.15, -0.1) is 0 Å². The maximum atomic E-state index is 10.6. The van der Waals surface area contributed by atoms with Crippen molar-refractivity contribution in [3.8, 4) is 0 Å². The molecule has 13 heavy (non-hydrogen) atoms. The first-order chi connectivity index (χ1) is 5.77. The van der Waals surface area contributed by atoms with Gasteiger partial charge in [0.25, 0.3) is 0 Å². The van der Waals surface area contributed by atoms with Gasteiger partial charge in [-0.05, 0) is 13.8 Å². The van der Waals surface area contributed by atoms with Crippen LogP contribution in [0.15, 0.2) is 6.08 Å². The van der Waals surface area contributed by atoms with Crippen molar-refractivity contribution in [3.63, 3.8) is 0 Å². The molecule has 0 amide bonds. The quantitative estimate of drug-likeness (QED) is 0.433. The molecule has 0 aliphatic rings. The molecule has 0 heterocycles. The largest absolute Gasteiger partial charge is 0.327 e. The molecule has 0 bridgehead atoms. The Morgan fingerprint density at radius 2 is 2.08 bits per heavy atom. The predicted molar refractivity (Wildman–Crippen MR) is 49.3 cm³/mol. The van der Waals surface area contributed by atoms with E-state index >= 15 is 0 Å². The zero-order chi connectivity index (χ0) is 10.5. The molecule has 0 aliphatic heterocycles. The second kappa shape index (κ2) is 4.70. The molecule has 0 fully saturated rings. The van der Waals surface area contributed by atoms with Crippen LogP contribution in [0.4, 0.5) is 0 Å². The summed E-state index contributed by atoms with van der Waals surface area (Å²) in [4.78, 5) is 27.2. The third kappa shape index (κ3) is 7.91. The summed E-state index contributed by atoms with van der Waals surface area (Å²) in [6.07, 6.45) is 0.966. The van der Waals surface area contributed by atoms with Crippen LogP contribution in [-0.2, 0) is 9.36 Å². The van der Waals surface area contributed by atoms with E-state index in [4.69, 9.17) is 9.79 Å². The van der Waals surface area contributed by atoms with Crippen LogP contribution >= 0.6 is 7.60 Å². The Bertz CT molecular complexity index is 251. The molecule has 0 radical (unpaired) electrons. The molecular formula is C7H14NO4P. The van der Waals surface area contributed by atoms with Crippen molar-refractivity contribution in [1.82, 2.24) is 5.32 Å². The van der Waals surface area contributed by atoms with Gasteiger partial charge in [-0.2, -0.15) is 0 Å². The van der Waals surface area contributed by atoms with E-state index in [0.717, 1.165) is 0 Å². The maximum Gasteiger partial charge on any atom is 0.327 e. The topological polar surface area (TPSA) is 86.6 Å². The third-order valence-corrected chi connectivity index (χ3v) is 2.57. The van der Waals surface area contributed by atoms with Gasteiger partial charge in [0.1, 0.15) is 5.94 Å². The molecule has 0 atom stereocenters. The summed E-state index contributed by atoms with van der Waals surface area (Å²) in [5, 5.41) is 2.81. The van der Waals surface area contributed by atoms with Crippen LogP contribution in [0.5, 0.6) is 0 Å². The molecule has 0 aromatic rings. The lowest BCUT2D eigenvalue weighted by atomic mass is 10.1. The van der Waals surface area contributed by atoms with E-state index in [2.05, 4.69) is 5.32 Å². The molecule has 0 aromatic carbocycles. The summed E-state index contributed by atoms with van der Waals surface area (Å²) < 4.78 is 10.6. The molecule has 0 aliphatic carbocycles. The highest BCUT2D eigenvalue weighted by atomic mass is 31.2. The van der Waals surface area contributed by atoms with Gasteiger partial charge in [0, 0.05) is 18.2 Å². The Morgan fingerprint density at radius 3 is 2.46 bits per heavy atom. The van der Waals surface area contributed by atoms with Gasteiger partial charge in [-0.25, -0.2) is 4.79 Å². The second-order valence-corrected chi connectivity index (χ2v) is 5.06. The van der Waals surface area contributed by atoms with Gasteiger partial charge in [-0.3, -0.25) is 4.57 Å². The monoisotopic (exact) mass is 207 g/mol. The number of rotatable bonds is 5. The summed E-state index contributed by atoms with van der Waals surface area (Å²) in [6, 6.07) is 0. The lowest BCUT2D eigenvalue weighted by Gasteiger charge is -2.25. The van der Waals surface area contributed by atoms with E-state index in [1.54, 1.807) is 19.8 Å². The Balaban J connectivity index is 4.08. The van der Waals surface area contributed by atoms with Crippen LogP contribution in [0, 0.1) is 0 Å². The lowest BCUT2D eigenvalue weighted by molar-refractivity contribution is 0.345. The Labute approximate surface area is 77.0 Å². The molecule has 0 aromatic heterocycles. The SMILES string of the molecule is CC(C)(CP(=O)(O)O)NCC=C=O. The third-order valence-electron chi connectivity index (χ3n) is 1.37. The first-order valence-electron chi connectivity index (χ1n) is 3.76. The van der Waals surface area contributed by atoms with Crippen molar-refractivity contribution >= 4 is 13.5 Å². The van der Waals surface area contributed by atoms with E-state index in [9.17, 15) is 9.36 Å². The van der Waals surface area contributed by atoms with Gasteiger partial charge in [0.15, 0.2) is 0 Å². The number of nitrogens with one attached hydrogen (secondary N) is 1. The van der Waals surface area contributed by atoms with Crippen molar-refractivity contribution in [2.75, 3.05) is 12.7 Å². The van der Waals surface area contributed by atoms with Gasteiger partial charge in [-0.1, -0.05) is 0 Å². The summed E-state index contributed by atoms with van der Waals surface area (Å²) in [5.74, 6) is 1.57. The number of carbonyl (C=O) groups excluding carboxylic acids is 1. The van der Waals surface area contributed by atoms with Crippen LogP contribution in [0.2, 0.25) is 0 Å². The van der Waals surface area contributed by atoms with Crippen LogP contribution in [0.25, 0.3) is 0 Å². The van der Waals surface area contributed by atoms with Crippen LogP contribution in [-0.4, -0.2) is 34.0 Å². The summed E-state index contributed by atoms with van der Waals surface area (Å²) in [5.41, 5.74) is -0.688. The molecule has 5 nitrogen and oxygen atoms in total. The number of hydrogen-bond acceptors (Lipinski definition) is 3. The van der Waals surface area contributed by atoms with Gasteiger partial charge in [0.05, 0.1) is 6.16 Å². The highest BCUT2D eigenvalue weighted by molar-refractivity contribution is 7.51. The fourth-order valence-corrected chi connectivity index (χ4v) is 2.08. The molecule has 0 unspecified atom stereocenters. The van der Waals surface area contributed by atoms with E-state index in [0.29, 0.717) is 0 Å². The van der Waals surface area contributed by atoms with Crippen LogP contribution < -0.4 is 5.32 Å². The fourth-order valence-electron chi connectivity index (χ4n) is 0.940. The van der Waals surface area contributed by atoms with E-state index < -0.39 is 13.1 Å². The minimum atomic E-state index is -4.01. The molecule has 0 spiro atoms. The smallest absolute Gasteiger partial charge is 0.324 e. The average molecular weight is 207 g/mol. The van der Waals surface area contributed by atoms with Gasteiger partial charge in [0.2, 0.25) is 0 Å². The van der Waals surface area contributed by atoms with E-state index in [1.165, 1.54) is 6.08 Å². The minimum Gasteiger partial charge on any atom is -0.324 e. The lowest BCUT2D eigenvalue weighted by Crippen LogP contribution is -2.42. The maximum absolute atomic E-state index is 10.6. The van der Waals surface area contributed by atoms with Crippen molar-refractivity contribution in [3.05, 3.63) is 6.08 Å². The van der Waals surface area contributed by atoms with Crippen molar-refractivity contribution in [1.29, 1.82) is 0 Å². The Kier molecular flexibility index (Phi) is 4.54. The summed E-state index contributed by atoms with van der Waals surface area (Å²) >= 11 is 0. The standard InChI is InChI=1S/C7H14NO4P/c1-7(2,6-13(10,11)12)8-4-3-5-9/h3,8H,4,6H2,1-2H3,(H2,10,11,12). The fraction of sp³-hybridized carbons (Fsp3) is 0.714. The van der Waals surface area contributed by atoms with Crippen molar-refractivity contribution < 1.29 is 19.1 Å². The first kappa shape index (κ1) is 12.6. The van der Waals surface area contributed by atoms with E-state index in [-0.39, 0.29) is 12.7 Å². The average Bonchev–Trinajstić information content (AvgIpc) is 1.81. The highest BCUT2D eigenvalue weighted by Gasteiger charge is 2.27. The molecule has 76 valence electrons. The molecule has 6 heteroatoms. The summed E-state index contributed by atoms with van der Waals surface area (Å²) in [6.45, 7) is 3.58. The van der Waals surface area contributed by atoms with Crippen LogP contribution in [0.1, 0.15) is 13.8 Å². The zero-order valence-electron chi connectivity index (χ0n) is 7.65. The first-order valence-corrected chi connectivity index (χ1v) is 5.55.